The number of benzene rings is 1. The predicted molar refractivity (Wildman–Crippen MR) is 76.1 cm³/mol. The van der Waals surface area contributed by atoms with Crippen LogP contribution in [0.25, 0.3) is 11.0 Å². The van der Waals surface area contributed by atoms with Crippen molar-refractivity contribution in [3.05, 3.63) is 34.2 Å². The number of para-hydroxylation sites is 1. The van der Waals surface area contributed by atoms with Gasteiger partial charge in [-0.3, -0.25) is 4.57 Å². The molecule has 0 unspecified atom stereocenters. The SMILES string of the molecule is CCCC(CCC)c1cccc2[nH]c(=O)n(C)c12. The molecule has 2 aromatic rings. The van der Waals surface area contributed by atoms with E-state index in [0.717, 1.165) is 11.0 Å². The Morgan fingerprint density at radius 1 is 1.22 bits per heavy atom. The van der Waals surface area contributed by atoms with Gasteiger partial charge in [-0.25, -0.2) is 4.79 Å². The fourth-order valence-electron chi connectivity index (χ4n) is 2.82. The molecule has 3 heteroatoms. The average molecular weight is 246 g/mol. The summed E-state index contributed by atoms with van der Waals surface area (Å²) < 4.78 is 1.74. The van der Waals surface area contributed by atoms with Crippen molar-refractivity contribution in [3.8, 4) is 0 Å². The van der Waals surface area contributed by atoms with Crippen LogP contribution < -0.4 is 5.69 Å². The summed E-state index contributed by atoms with van der Waals surface area (Å²) in [5.41, 5.74) is 3.33. The Kier molecular flexibility index (Phi) is 3.90. The van der Waals surface area contributed by atoms with Gasteiger partial charge in [-0.1, -0.05) is 38.8 Å². The molecule has 0 aliphatic heterocycles. The number of hydrogen-bond donors (Lipinski definition) is 1. The molecule has 1 N–H and O–H groups in total. The molecule has 98 valence electrons. The molecule has 0 aliphatic rings. The predicted octanol–water partition coefficient (Wildman–Crippen LogP) is 3.55. The minimum absolute atomic E-state index is 0.0239. The summed E-state index contributed by atoms with van der Waals surface area (Å²) in [5.74, 6) is 0.560. The Labute approximate surface area is 108 Å². The van der Waals surface area contributed by atoms with Crippen molar-refractivity contribution in [2.45, 2.75) is 45.4 Å². The maximum atomic E-state index is 11.7. The normalized spacial score (nSPS) is 11.6. The van der Waals surface area contributed by atoms with E-state index in [2.05, 4.69) is 24.9 Å². The zero-order chi connectivity index (χ0) is 13.1. The Morgan fingerprint density at radius 3 is 2.50 bits per heavy atom. The monoisotopic (exact) mass is 246 g/mol. The summed E-state index contributed by atoms with van der Waals surface area (Å²) >= 11 is 0. The molecule has 1 heterocycles. The third-order valence-corrected chi connectivity index (χ3v) is 3.66. The van der Waals surface area contributed by atoms with Crippen LogP contribution in [-0.4, -0.2) is 9.55 Å². The van der Waals surface area contributed by atoms with E-state index < -0.39 is 0 Å². The highest BCUT2D eigenvalue weighted by molar-refractivity contribution is 5.79. The number of aryl methyl sites for hydroxylation is 1. The zero-order valence-corrected chi connectivity index (χ0v) is 11.5. The molecule has 3 nitrogen and oxygen atoms in total. The lowest BCUT2D eigenvalue weighted by Crippen LogP contribution is -2.13. The molecular formula is C15H22N2O. The molecule has 0 atom stereocenters. The van der Waals surface area contributed by atoms with Crippen molar-refractivity contribution in [1.82, 2.24) is 9.55 Å². The molecule has 2 rings (SSSR count). The van der Waals surface area contributed by atoms with Gasteiger partial charge in [0.1, 0.15) is 0 Å². The van der Waals surface area contributed by atoms with Crippen molar-refractivity contribution in [2.75, 3.05) is 0 Å². The van der Waals surface area contributed by atoms with E-state index in [1.54, 1.807) is 4.57 Å². The molecule has 0 fully saturated rings. The van der Waals surface area contributed by atoms with Gasteiger partial charge >= 0.3 is 5.69 Å². The Balaban J connectivity index is 2.57. The fraction of sp³-hybridized carbons (Fsp3) is 0.533. The van der Waals surface area contributed by atoms with Crippen molar-refractivity contribution in [3.63, 3.8) is 0 Å². The van der Waals surface area contributed by atoms with E-state index in [9.17, 15) is 4.79 Å². The number of nitrogens with one attached hydrogen (secondary N) is 1. The number of fused-ring (bicyclic) bond motifs is 1. The van der Waals surface area contributed by atoms with Crippen molar-refractivity contribution in [2.24, 2.45) is 7.05 Å². The third-order valence-electron chi connectivity index (χ3n) is 3.66. The molecule has 1 aromatic heterocycles. The lowest BCUT2D eigenvalue weighted by molar-refractivity contribution is 0.562. The van der Waals surface area contributed by atoms with Gasteiger partial charge in [0.05, 0.1) is 11.0 Å². The number of rotatable bonds is 5. The molecule has 0 spiro atoms. The summed E-state index contributed by atoms with van der Waals surface area (Å²) in [5, 5.41) is 0. The maximum absolute atomic E-state index is 11.7. The van der Waals surface area contributed by atoms with Crippen LogP contribution in [-0.2, 0) is 7.05 Å². The number of H-pyrrole nitrogens is 1. The number of nitrogens with zero attached hydrogens (tertiary/aromatic N) is 1. The van der Waals surface area contributed by atoms with E-state index in [1.807, 2.05) is 19.2 Å². The Morgan fingerprint density at radius 2 is 1.89 bits per heavy atom. The highest BCUT2D eigenvalue weighted by atomic mass is 16.1. The van der Waals surface area contributed by atoms with Crippen LogP contribution in [0, 0.1) is 0 Å². The third kappa shape index (κ3) is 2.22. The van der Waals surface area contributed by atoms with Crippen LogP contribution in [0.5, 0.6) is 0 Å². The van der Waals surface area contributed by atoms with Gasteiger partial charge in [0, 0.05) is 7.05 Å². The van der Waals surface area contributed by atoms with Gasteiger partial charge in [-0.05, 0) is 30.4 Å². The van der Waals surface area contributed by atoms with Gasteiger partial charge in [0.15, 0.2) is 0 Å². The lowest BCUT2D eigenvalue weighted by atomic mass is 9.89. The zero-order valence-electron chi connectivity index (χ0n) is 11.5. The summed E-state index contributed by atoms with van der Waals surface area (Å²) in [6.07, 6.45) is 4.73. The topological polar surface area (TPSA) is 37.8 Å². The van der Waals surface area contributed by atoms with E-state index in [0.29, 0.717) is 5.92 Å². The van der Waals surface area contributed by atoms with E-state index in [4.69, 9.17) is 0 Å². The van der Waals surface area contributed by atoms with Gasteiger partial charge in [0.2, 0.25) is 0 Å². The van der Waals surface area contributed by atoms with Crippen molar-refractivity contribution >= 4 is 11.0 Å². The van der Waals surface area contributed by atoms with Crippen LogP contribution in [0.1, 0.15) is 51.0 Å². The van der Waals surface area contributed by atoms with Crippen LogP contribution in [0.2, 0.25) is 0 Å². The second kappa shape index (κ2) is 5.42. The summed E-state index contributed by atoms with van der Waals surface area (Å²) in [7, 11) is 1.85. The van der Waals surface area contributed by atoms with Crippen LogP contribution in [0.3, 0.4) is 0 Å². The first-order chi connectivity index (χ1) is 8.69. The van der Waals surface area contributed by atoms with Crippen LogP contribution in [0.4, 0.5) is 0 Å². The smallest absolute Gasteiger partial charge is 0.306 e. The molecule has 0 aliphatic carbocycles. The van der Waals surface area contributed by atoms with Crippen LogP contribution in [0.15, 0.2) is 23.0 Å². The van der Waals surface area contributed by atoms with Crippen molar-refractivity contribution < 1.29 is 0 Å². The van der Waals surface area contributed by atoms with E-state index in [-0.39, 0.29) is 5.69 Å². The molecular weight excluding hydrogens is 224 g/mol. The van der Waals surface area contributed by atoms with Gasteiger partial charge in [-0.2, -0.15) is 0 Å². The van der Waals surface area contributed by atoms with E-state index >= 15 is 0 Å². The molecule has 0 saturated carbocycles. The first-order valence-electron chi connectivity index (χ1n) is 6.86. The molecule has 0 radical (unpaired) electrons. The average Bonchev–Trinajstić information content (AvgIpc) is 2.65. The van der Waals surface area contributed by atoms with Gasteiger partial charge in [-0.15, -0.1) is 0 Å². The minimum Gasteiger partial charge on any atom is -0.306 e. The second-order valence-corrected chi connectivity index (χ2v) is 5.01. The highest BCUT2D eigenvalue weighted by Crippen LogP contribution is 2.30. The van der Waals surface area contributed by atoms with E-state index in [1.165, 1.54) is 31.2 Å². The standard InChI is InChI=1S/C15H22N2O/c1-4-7-11(8-5-2)12-9-6-10-13-14(12)17(3)15(18)16-13/h6,9-11H,4-5,7-8H2,1-3H3,(H,16,18). The largest absolute Gasteiger partial charge is 0.326 e. The second-order valence-electron chi connectivity index (χ2n) is 5.01. The Bertz CT molecular complexity index is 574. The summed E-state index contributed by atoms with van der Waals surface area (Å²) in [6.45, 7) is 4.44. The molecule has 1 aromatic carbocycles. The van der Waals surface area contributed by atoms with Crippen molar-refractivity contribution in [1.29, 1.82) is 0 Å². The van der Waals surface area contributed by atoms with Crippen LogP contribution >= 0.6 is 0 Å². The number of aromatic nitrogens is 2. The molecule has 18 heavy (non-hydrogen) atoms. The minimum atomic E-state index is -0.0239. The fourth-order valence-corrected chi connectivity index (χ4v) is 2.82. The van der Waals surface area contributed by atoms with Gasteiger partial charge in [0.25, 0.3) is 0 Å². The number of aromatic amines is 1. The highest BCUT2D eigenvalue weighted by Gasteiger charge is 2.16. The molecule has 0 bridgehead atoms. The number of imidazole rings is 1. The first-order valence-corrected chi connectivity index (χ1v) is 6.86. The maximum Gasteiger partial charge on any atom is 0.326 e. The summed E-state index contributed by atoms with van der Waals surface area (Å²) in [4.78, 5) is 14.7. The quantitative estimate of drug-likeness (QED) is 0.860. The Hall–Kier alpha value is -1.51. The van der Waals surface area contributed by atoms with Gasteiger partial charge < -0.3 is 4.98 Å². The number of hydrogen-bond acceptors (Lipinski definition) is 1. The summed E-state index contributed by atoms with van der Waals surface area (Å²) in [6, 6.07) is 6.20. The first kappa shape index (κ1) is 12.9. The molecule has 0 saturated heterocycles. The lowest BCUT2D eigenvalue weighted by Gasteiger charge is -2.17. The molecule has 0 amide bonds.